The zero-order valence-electron chi connectivity index (χ0n) is 28.5. The first-order valence-electron chi connectivity index (χ1n) is 17.8. The van der Waals surface area contributed by atoms with E-state index in [9.17, 15) is 0 Å². The molecule has 0 atom stereocenters. The number of aromatic nitrogens is 3. The predicted molar refractivity (Wildman–Crippen MR) is 219 cm³/mol. The minimum Gasteiger partial charge on any atom is -0.456 e. The zero-order chi connectivity index (χ0) is 34.9. The number of rotatable bonds is 4. The summed E-state index contributed by atoms with van der Waals surface area (Å²) in [4.78, 5) is 15.8. The topological polar surface area (TPSA) is 51.8 Å². The fourth-order valence-corrected chi connectivity index (χ4v) is 7.81. The summed E-state index contributed by atoms with van der Waals surface area (Å²) in [6, 6.07) is 61.7. The van der Waals surface area contributed by atoms with Crippen LogP contribution in [0.2, 0.25) is 0 Å². The molecule has 0 radical (unpaired) electrons. The highest BCUT2D eigenvalue weighted by Crippen LogP contribution is 2.42. The summed E-state index contributed by atoms with van der Waals surface area (Å²) in [6.07, 6.45) is 0. The molecule has 0 fully saturated rings. The first-order valence-corrected chi connectivity index (χ1v) is 17.8. The third-order valence-electron chi connectivity index (χ3n) is 10.4. The van der Waals surface area contributed by atoms with Gasteiger partial charge >= 0.3 is 0 Å². The first-order chi connectivity index (χ1) is 26.2. The van der Waals surface area contributed by atoms with Crippen molar-refractivity contribution in [1.82, 2.24) is 15.0 Å². The van der Waals surface area contributed by atoms with Gasteiger partial charge in [-0.15, -0.1) is 0 Å². The van der Waals surface area contributed by atoms with Crippen molar-refractivity contribution in [3.63, 3.8) is 0 Å². The van der Waals surface area contributed by atoms with E-state index in [1.807, 2.05) is 0 Å². The van der Waals surface area contributed by atoms with Gasteiger partial charge in [0.2, 0.25) is 0 Å². The molecule has 246 valence electrons. The maximum Gasteiger partial charge on any atom is 0.164 e. The van der Waals surface area contributed by atoms with Crippen LogP contribution in [0.15, 0.2) is 180 Å². The SMILES string of the molecule is c1ccc2cc(-c3nc(-c4ccc5ccccc5c4)nc(-c4cc(-c5cccc6ccccc56)cc5oc6cc7ccccc7cc6c45)n3)ccc2c1. The Bertz CT molecular complexity index is 3150. The normalized spacial score (nSPS) is 11.8. The lowest BCUT2D eigenvalue weighted by Gasteiger charge is -2.13. The van der Waals surface area contributed by atoms with Crippen molar-refractivity contribution in [3.05, 3.63) is 176 Å². The lowest BCUT2D eigenvalue weighted by atomic mass is 9.94. The predicted octanol–water partition coefficient (Wildman–Crippen LogP) is 13.1. The Hall–Kier alpha value is -7.17. The Labute approximate surface area is 304 Å². The third-order valence-corrected chi connectivity index (χ3v) is 10.4. The Morgan fingerprint density at radius 2 is 0.830 bits per heavy atom. The molecule has 0 spiro atoms. The smallest absolute Gasteiger partial charge is 0.164 e. The van der Waals surface area contributed by atoms with Gasteiger partial charge in [-0.25, -0.2) is 15.0 Å². The highest BCUT2D eigenvalue weighted by molar-refractivity contribution is 6.16. The van der Waals surface area contributed by atoms with E-state index < -0.39 is 0 Å². The van der Waals surface area contributed by atoms with Crippen molar-refractivity contribution >= 4 is 65.0 Å². The lowest BCUT2D eigenvalue weighted by molar-refractivity contribution is 0.669. The van der Waals surface area contributed by atoms with Crippen molar-refractivity contribution in [2.75, 3.05) is 0 Å². The molecule has 4 nitrogen and oxygen atoms in total. The molecule has 0 aliphatic heterocycles. The Balaban J connectivity index is 1.23. The Morgan fingerprint density at radius 1 is 0.302 bits per heavy atom. The molecule has 0 aliphatic carbocycles. The quantitative estimate of drug-likeness (QED) is 0.186. The molecule has 11 rings (SSSR count). The van der Waals surface area contributed by atoms with Gasteiger partial charge in [0.15, 0.2) is 17.5 Å². The van der Waals surface area contributed by atoms with Crippen molar-refractivity contribution < 1.29 is 4.42 Å². The molecular formula is C49H29N3O. The maximum absolute atomic E-state index is 6.75. The standard InChI is InChI=1S/C49H29N3O/c1-3-13-33-24-37(22-20-30(33)10-1)47-50-48(38-23-21-31-11-2-4-14-34(31)25-38)52-49(51-47)43-27-39(41-19-9-17-32-12-7-8-18-40(32)41)29-45-46(43)42-26-35-15-5-6-16-36(35)28-44(42)53-45/h1-29H. The largest absolute Gasteiger partial charge is 0.456 e. The van der Waals surface area contributed by atoms with Crippen LogP contribution in [0.5, 0.6) is 0 Å². The lowest BCUT2D eigenvalue weighted by Crippen LogP contribution is -2.01. The molecule has 0 aliphatic rings. The molecule has 0 saturated carbocycles. The molecule has 0 N–H and O–H groups in total. The van der Waals surface area contributed by atoms with E-state index in [4.69, 9.17) is 19.4 Å². The van der Waals surface area contributed by atoms with Crippen LogP contribution in [-0.4, -0.2) is 15.0 Å². The van der Waals surface area contributed by atoms with Crippen LogP contribution >= 0.6 is 0 Å². The summed E-state index contributed by atoms with van der Waals surface area (Å²) in [5.74, 6) is 1.83. The molecule has 9 aromatic carbocycles. The van der Waals surface area contributed by atoms with Gasteiger partial charge in [-0.2, -0.15) is 0 Å². The summed E-state index contributed by atoms with van der Waals surface area (Å²) in [5, 5.41) is 11.2. The number of nitrogens with zero attached hydrogens (tertiary/aromatic N) is 3. The van der Waals surface area contributed by atoms with E-state index in [0.717, 1.165) is 71.3 Å². The van der Waals surface area contributed by atoms with Crippen LogP contribution in [0.4, 0.5) is 0 Å². The van der Waals surface area contributed by atoms with Crippen LogP contribution in [0.3, 0.4) is 0 Å². The summed E-state index contributed by atoms with van der Waals surface area (Å²) in [6.45, 7) is 0. The molecule has 2 heterocycles. The zero-order valence-corrected chi connectivity index (χ0v) is 28.5. The van der Waals surface area contributed by atoms with Crippen LogP contribution in [-0.2, 0) is 0 Å². The van der Waals surface area contributed by atoms with Gasteiger partial charge in [-0.3, -0.25) is 0 Å². The van der Waals surface area contributed by atoms with Crippen molar-refractivity contribution in [1.29, 1.82) is 0 Å². The monoisotopic (exact) mass is 675 g/mol. The molecule has 4 heteroatoms. The average Bonchev–Trinajstić information content (AvgIpc) is 3.58. The Kier molecular flexibility index (Phi) is 6.52. The highest BCUT2D eigenvalue weighted by Gasteiger charge is 2.21. The second-order valence-electron chi connectivity index (χ2n) is 13.7. The molecule has 53 heavy (non-hydrogen) atoms. The first kappa shape index (κ1) is 29.5. The maximum atomic E-state index is 6.75. The number of fused-ring (bicyclic) bond motifs is 7. The number of hydrogen-bond donors (Lipinski definition) is 0. The van der Waals surface area contributed by atoms with E-state index >= 15 is 0 Å². The Morgan fingerprint density at radius 3 is 1.49 bits per heavy atom. The second kappa shape index (κ2) is 11.7. The second-order valence-corrected chi connectivity index (χ2v) is 13.7. The van der Waals surface area contributed by atoms with Crippen molar-refractivity contribution in [2.24, 2.45) is 0 Å². The van der Waals surface area contributed by atoms with Crippen LogP contribution < -0.4 is 0 Å². The summed E-state index contributed by atoms with van der Waals surface area (Å²) in [5.41, 5.74) is 6.52. The van der Waals surface area contributed by atoms with E-state index in [2.05, 4.69) is 176 Å². The molecule has 0 amide bonds. The molecule has 0 unspecified atom stereocenters. The third kappa shape index (κ3) is 4.95. The van der Waals surface area contributed by atoms with Gasteiger partial charge in [0.1, 0.15) is 11.2 Å². The van der Waals surface area contributed by atoms with Gasteiger partial charge in [-0.1, -0.05) is 140 Å². The number of hydrogen-bond acceptors (Lipinski definition) is 4. The molecule has 0 saturated heterocycles. The van der Waals surface area contributed by atoms with E-state index in [0.29, 0.717) is 17.5 Å². The molecule has 0 bridgehead atoms. The van der Waals surface area contributed by atoms with Gasteiger partial charge in [0.25, 0.3) is 0 Å². The summed E-state index contributed by atoms with van der Waals surface area (Å²) >= 11 is 0. The van der Waals surface area contributed by atoms with E-state index in [1.54, 1.807) is 0 Å². The van der Waals surface area contributed by atoms with Gasteiger partial charge in [0, 0.05) is 27.5 Å². The number of furan rings is 1. The van der Waals surface area contributed by atoms with Gasteiger partial charge in [0.05, 0.1) is 0 Å². The highest BCUT2D eigenvalue weighted by atomic mass is 16.3. The fourth-order valence-electron chi connectivity index (χ4n) is 7.81. The fraction of sp³-hybridized carbons (Fsp3) is 0. The van der Waals surface area contributed by atoms with E-state index in [-0.39, 0.29) is 0 Å². The molecule has 2 aromatic heterocycles. The summed E-state index contributed by atoms with van der Waals surface area (Å²) < 4.78 is 6.75. The van der Waals surface area contributed by atoms with Crippen molar-refractivity contribution in [3.8, 4) is 45.3 Å². The minimum absolute atomic E-state index is 0.592. The average molecular weight is 676 g/mol. The minimum atomic E-state index is 0.592. The molecule has 11 aromatic rings. The molecular weight excluding hydrogens is 647 g/mol. The van der Waals surface area contributed by atoms with Crippen molar-refractivity contribution in [2.45, 2.75) is 0 Å². The summed E-state index contributed by atoms with van der Waals surface area (Å²) in [7, 11) is 0. The van der Waals surface area contributed by atoms with Gasteiger partial charge < -0.3 is 4.42 Å². The van der Waals surface area contributed by atoms with Crippen LogP contribution in [0.1, 0.15) is 0 Å². The number of benzene rings is 9. The van der Waals surface area contributed by atoms with Gasteiger partial charge in [-0.05, 0) is 90.6 Å². The van der Waals surface area contributed by atoms with E-state index in [1.165, 1.54) is 21.5 Å². The van der Waals surface area contributed by atoms with Crippen LogP contribution in [0, 0.1) is 0 Å². The van der Waals surface area contributed by atoms with Crippen LogP contribution in [0.25, 0.3) is 110 Å².